The molecule has 2 rings (SSSR count). The summed E-state index contributed by atoms with van der Waals surface area (Å²) in [5.74, 6) is 0. The fourth-order valence-electron chi connectivity index (χ4n) is 2.02. The zero-order chi connectivity index (χ0) is 13.2. The van der Waals surface area contributed by atoms with Crippen LogP contribution in [-0.2, 0) is 21.4 Å². The van der Waals surface area contributed by atoms with Gasteiger partial charge in [0.25, 0.3) is 10.0 Å². The van der Waals surface area contributed by atoms with Crippen molar-refractivity contribution in [3.05, 3.63) is 11.8 Å². The Morgan fingerprint density at radius 1 is 1.56 bits per heavy atom. The van der Waals surface area contributed by atoms with Gasteiger partial charge in [-0.3, -0.25) is 5.10 Å². The smallest absolute Gasteiger partial charge is 0.260 e. The maximum Gasteiger partial charge on any atom is 0.260 e. The van der Waals surface area contributed by atoms with Gasteiger partial charge in [0.05, 0.1) is 12.8 Å². The summed E-state index contributed by atoms with van der Waals surface area (Å²) in [6.45, 7) is 0.785. The molecule has 1 aliphatic heterocycles. The Balaban J connectivity index is 2.24. The second-order valence-corrected chi connectivity index (χ2v) is 6.18. The van der Waals surface area contributed by atoms with Crippen LogP contribution in [0.15, 0.2) is 11.2 Å². The van der Waals surface area contributed by atoms with Crippen molar-refractivity contribution in [2.45, 2.75) is 30.5 Å². The van der Waals surface area contributed by atoms with Crippen molar-refractivity contribution in [2.24, 2.45) is 0 Å². The number of ether oxygens (including phenoxy) is 1. The lowest BCUT2D eigenvalue weighted by molar-refractivity contribution is 0.0631. The second-order valence-electron chi connectivity index (χ2n) is 4.25. The van der Waals surface area contributed by atoms with Crippen molar-refractivity contribution in [1.29, 1.82) is 0 Å². The average Bonchev–Trinajstić information content (AvgIpc) is 2.88. The lowest BCUT2D eigenvalue weighted by Crippen LogP contribution is -2.41. The second kappa shape index (κ2) is 5.35. The van der Waals surface area contributed by atoms with Crippen molar-refractivity contribution >= 4 is 10.0 Å². The number of H-pyrrole nitrogens is 1. The van der Waals surface area contributed by atoms with E-state index in [-0.39, 0.29) is 23.2 Å². The predicted molar refractivity (Wildman–Crippen MR) is 63.3 cm³/mol. The van der Waals surface area contributed by atoms with Crippen molar-refractivity contribution in [3.63, 3.8) is 0 Å². The van der Waals surface area contributed by atoms with Gasteiger partial charge in [-0.25, -0.2) is 8.42 Å². The number of hydrogen-bond donors (Lipinski definition) is 2. The van der Waals surface area contributed by atoms with E-state index in [0.29, 0.717) is 26.1 Å². The summed E-state index contributed by atoms with van der Waals surface area (Å²) in [6, 6.07) is -0.0707. The first-order chi connectivity index (χ1) is 8.57. The van der Waals surface area contributed by atoms with Crippen LogP contribution in [0, 0.1) is 0 Å². The van der Waals surface area contributed by atoms with Gasteiger partial charge in [-0.2, -0.15) is 9.40 Å². The van der Waals surface area contributed by atoms with Crippen molar-refractivity contribution < 1.29 is 18.3 Å². The van der Waals surface area contributed by atoms with Crippen molar-refractivity contribution in [3.8, 4) is 0 Å². The fraction of sp³-hybridized carbons (Fsp3) is 0.700. The molecule has 1 saturated heterocycles. The number of rotatable bonds is 4. The Morgan fingerprint density at radius 2 is 2.22 bits per heavy atom. The van der Waals surface area contributed by atoms with E-state index in [0.717, 1.165) is 0 Å². The molecule has 2 heterocycles. The molecule has 0 radical (unpaired) electrons. The summed E-state index contributed by atoms with van der Waals surface area (Å²) in [5.41, 5.74) is 0.286. The molecule has 0 aromatic carbocycles. The van der Waals surface area contributed by atoms with E-state index >= 15 is 0 Å². The summed E-state index contributed by atoms with van der Waals surface area (Å²) >= 11 is 0. The number of aliphatic hydroxyl groups is 1. The molecule has 0 atom stereocenters. The molecule has 1 aromatic heterocycles. The molecule has 8 heteroatoms. The summed E-state index contributed by atoms with van der Waals surface area (Å²) < 4.78 is 31.3. The molecule has 1 aliphatic rings. The first kappa shape index (κ1) is 13.5. The number of aromatic nitrogens is 2. The molecule has 102 valence electrons. The quantitative estimate of drug-likeness (QED) is 0.786. The average molecular weight is 275 g/mol. The highest BCUT2D eigenvalue weighted by atomic mass is 32.2. The van der Waals surface area contributed by atoms with E-state index in [1.165, 1.54) is 10.5 Å². The normalized spacial score (nSPS) is 18.4. The van der Waals surface area contributed by atoms with Crippen LogP contribution in [-0.4, -0.2) is 54.3 Å². The Bertz CT molecular complexity index is 493. The molecule has 1 aromatic rings. The maximum absolute atomic E-state index is 12.4. The SMILES string of the molecule is CN(C1CCOCC1)S(=O)(=O)c1[nH]ncc1CO. The molecule has 0 spiro atoms. The molecule has 0 unspecified atom stereocenters. The van der Waals surface area contributed by atoms with E-state index in [1.807, 2.05) is 0 Å². The third-order valence-corrected chi connectivity index (χ3v) is 5.12. The predicted octanol–water partition coefficient (Wildman–Crippen LogP) is -0.298. The largest absolute Gasteiger partial charge is 0.392 e. The van der Waals surface area contributed by atoms with E-state index in [2.05, 4.69) is 10.2 Å². The number of aromatic amines is 1. The topological polar surface area (TPSA) is 95.5 Å². The molecular formula is C10H17N3O4S. The lowest BCUT2D eigenvalue weighted by Gasteiger charge is -2.30. The number of aliphatic hydroxyl groups excluding tert-OH is 1. The molecule has 0 bridgehead atoms. The number of hydrogen-bond acceptors (Lipinski definition) is 5. The number of sulfonamides is 1. The first-order valence-electron chi connectivity index (χ1n) is 5.76. The van der Waals surface area contributed by atoms with Gasteiger partial charge in [-0.15, -0.1) is 0 Å². The molecule has 2 N–H and O–H groups in total. The lowest BCUT2D eigenvalue weighted by atomic mass is 10.1. The molecule has 7 nitrogen and oxygen atoms in total. The molecule has 0 amide bonds. The van der Waals surface area contributed by atoms with Gasteiger partial charge in [0, 0.05) is 31.9 Å². The van der Waals surface area contributed by atoms with Gasteiger partial charge in [-0.05, 0) is 12.8 Å². The van der Waals surface area contributed by atoms with Crippen LogP contribution in [0.4, 0.5) is 0 Å². The molecule has 0 aliphatic carbocycles. The Hall–Kier alpha value is -0.960. The van der Waals surface area contributed by atoms with Crippen LogP contribution in [0.5, 0.6) is 0 Å². The highest BCUT2D eigenvalue weighted by molar-refractivity contribution is 7.89. The third kappa shape index (κ3) is 2.41. The van der Waals surface area contributed by atoms with E-state index < -0.39 is 10.0 Å². The van der Waals surface area contributed by atoms with Gasteiger partial charge in [-0.1, -0.05) is 0 Å². The highest BCUT2D eigenvalue weighted by Crippen LogP contribution is 2.22. The van der Waals surface area contributed by atoms with Gasteiger partial charge < -0.3 is 9.84 Å². The van der Waals surface area contributed by atoms with Gasteiger partial charge in [0.1, 0.15) is 0 Å². The molecular weight excluding hydrogens is 258 g/mol. The minimum Gasteiger partial charge on any atom is -0.392 e. The molecule has 0 saturated carbocycles. The van der Waals surface area contributed by atoms with Crippen LogP contribution in [0.1, 0.15) is 18.4 Å². The Kier molecular flexibility index (Phi) is 4.00. The number of nitrogens with zero attached hydrogens (tertiary/aromatic N) is 2. The minimum absolute atomic E-state index is 0.0287. The molecule has 18 heavy (non-hydrogen) atoms. The van der Waals surface area contributed by atoms with Crippen LogP contribution in [0.3, 0.4) is 0 Å². The summed E-state index contributed by atoms with van der Waals surface area (Å²) in [6.07, 6.45) is 2.68. The number of nitrogens with one attached hydrogen (secondary N) is 1. The van der Waals surface area contributed by atoms with E-state index in [4.69, 9.17) is 9.84 Å². The van der Waals surface area contributed by atoms with Gasteiger partial charge in [0.15, 0.2) is 5.03 Å². The Morgan fingerprint density at radius 3 is 2.83 bits per heavy atom. The van der Waals surface area contributed by atoms with Gasteiger partial charge >= 0.3 is 0 Å². The summed E-state index contributed by atoms with van der Waals surface area (Å²) in [4.78, 5) is 0. The molecule has 1 fully saturated rings. The van der Waals surface area contributed by atoms with Crippen molar-refractivity contribution in [2.75, 3.05) is 20.3 Å². The zero-order valence-corrected chi connectivity index (χ0v) is 11.0. The summed E-state index contributed by atoms with van der Waals surface area (Å²) in [7, 11) is -2.09. The van der Waals surface area contributed by atoms with Gasteiger partial charge in [0.2, 0.25) is 0 Å². The first-order valence-corrected chi connectivity index (χ1v) is 7.20. The zero-order valence-electron chi connectivity index (χ0n) is 10.2. The van der Waals surface area contributed by atoms with E-state index in [9.17, 15) is 8.42 Å². The van der Waals surface area contributed by atoms with Crippen LogP contribution >= 0.6 is 0 Å². The monoisotopic (exact) mass is 275 g/mol. The van der Waals surface area contributed by atoms with Crippen LogP contribution < -0.4 is 0 Å². The van der Waals surface area contributed by atoms with Crippen molar-refractivity contribution in [1.82, 2.24) is 14.5 Å². The Labute approximate surface area is 106 Å². The standard InChI is InChI=1S/C10H17N3O4S/c1-13(9-2-4-17-5-3-9)18(15,16)10-8(7-14)6-11-12-10/h6,9,14H,2-5,7H2,1H3,(H,11,12). The minimum atomic E-state index is -3.64. The maximum atomic E-state index is 12.4. The highest BCUT2D eigenvalue weighted by Gasteiger charge is 2.31. The summed E-state index contributed by atoms with van der Waals surface area (Å²) in [5, 5.41) is 15.2. The van der Waals surface area contributed by atoms with E-state index in [1.54, 1.807) is 7.05 Å². The third-order valence-electron chi connectivity index (χ3n) is 3.19. The van der Waals surface area contributed by atoms with Crippen LogP contribution in [0.2, 0.25) is 0 Å². The fourth-order valence-corrected chi connectivity index (χ4v) is 3.53. The van der Waals surface area contributed by atoms with Crippen LogP contribution in [0.25, 0.3) is 0 Å².